The van der Waals surface area contributed by atoms with Crippen molar-refractivity contribution in [1.82, 2.24) is 35.2 Å². The van der Waals surface area contributed by atoms with Gasteiger partial charge in [0.2, 0.25) is 27.3 Å². The van der Waals surface area contributed by atoms with Gasteiger partial charge in [0.1, 0.15) is 11.6 Å². The average molecular weight is 824 g/mol. The number of sulfonamides is 1. The molecular weight excluding hydrogens is 771 g/mol. The molecule has 3 amide bonds. The molecule has 19 heteroatoms. The van der Waals surface area contributed by atoms with E-state index in [4.69, 9.17) is 10.5 Å². The summed E-state index contributed by atoms with van der Waals surface area (Å²) in [6.07, 6.45) is 6.45. The number of nitrogens with one attached hydrogen (secondary N) is 6. The van der Waals surface area contributed by atoms with Crippen LogP contribution in [-0.2, 0) is 42.2 Å². The first-order valence-corrected chi connectivity index (χ1v) is 20.5. The van der Waals surface area contributed by atoms with E-state index in [0.29, 0.717) is 68.3 Å². The van der Waals surface area contributed by atoms with E-state index in [2.05, 4.69) is 36.0 Å². The first-order valence-electron chi connectivity index (χ1n) is 19.0. The maximum Gasteiger partial charge on any atom is 0.323 e. The summed E-state index contributed by atoms with van der Waals surface area (Å²) in [4.78, 5) is 71.2. The number of fused-ring (bicyclic) bond motifs is 1. The van der Waals surface area contributed by atoms with Crippen LogP contribution in [0.25, 0.3) is 10.9 Å². The van der Waals surface area contributed by atoms with Gasteiger partial charge in [-0.25, -0.2) is 13.4 Å². The van der Waals surface area contributed by atoms with E-state index in [1.807, 2.05) is 6.92 Å². The predicted octanol–water partition coefficient (Wildman–Crippen LogP) is 1.58. The molecule has 9 N–H and O–H groups in total. The second-order valence-electron chi connectivity index (χ2n) is 13.8. The van der Waals surface area contributed by atoms with Gasteiger partial charge in [0.25, 0.3) is 5.91 Å². The van der Waals surface area contributed by atoms with Crippen LogP contribution in [0.4, 0.5) is 5.95 Å². The number of carbonyl (C=O) groups is 4. The zero-order valence-corrected chi connectivity index (χ0v) is 33.8. The van der Waals surface area contributed by atoms with E-state index in [-0.39, 0.29) is 53.6 Å². The van der Waals surface area contributed by atoms with Crippen molar-refractivity contribution in [2.75, 3.05) is 44.7 Å². The Morgan fingerprint density at radius 1 is 0.948 bits per heavy atom. The van der Waals surface area contributed by atoms with Crippen molar-refractivity contribution in [3.8, 4) is 0 Å². The Kier molecular flexibility index (Phi) is 16.9. The molecule has 2 heterocycles. The number of H-pyrrole nitrogens is 1. The van der Waals surface area contributed by atoms with E-state index in [1.54, 1.807) is 61.1 Å². The molecule has 0 aliphatic rings. The fourth-order valence-corrected chi connectivity index (χ4v) is 7.96. The van der Waals surface area contributed by atoms with Crippen molar-refractivity contribution in [3.63, 3.8) is 0 Å². The minimum atomic E-state index is -4.31. The summed E-state index contributed by atoms with van der Waals surface area (Å²) < 4.78 is 35.9. The van der Waals surface area contributed by atoms with E-state index in [9.17, 15) is 37.5 Å². The van der Waals surface area contributed by atoms with Crippen molar-refractivity contribution in [3.05, 3.63) is 87.0 Å². The van der Waals surface area contributed by atoms with Crippen molar-refractivity contribution in [2.45, 2.75) is 76.9 Å². The summed E-state index contributed by atoms with van der Waals surface area (Å²) in [5.74, 6) is -2.44. The minimum absolute atomic E-state index is 0.00609. The maximum atomic E-state index is 13.7. The van der Waals surface area contributed by atoms with Gasteiger partial charge in [-0.05, 0) is 75.4 Å². The summed E-state index contributed by atoms with van der Waals surface area (Å²) in [7, 11) is -4.31. The molecule has 1 atom stereocenters. The predicted molar refractivity (Wildman–Crippen MR) is 218 cm³/mol. The number of aromatic nitrogens is 3. The lowest BCUT2D eigenvalue weighted by molar-refractivity contribution is -0.138. The topological polar surface area (TPSA) is 269 Å². The van der Waals surface area contributed by atoms with Crippen molar-refractivity contribution < 1.29 is 37.4 Å². The molecule has 2 aromatic carbocycles. The number of aryl methyl sites for hydroxylation is 4. The van der Waals surface area contributed by atoms with Gasteiger partial charge in [-0.15, -0.1) is 0 Å². The van der Waals surface area contributed by atoms with Crippen molar-refractivity contribution >= 4 is 50.6 Å². The van der Waals surface area contributed by atoms with Crippen LogP contribution < -0.4 is 37.2 Å². The number of rotatable bonds is 24. The molecule has 1 unspecified atom stereocenters. The lowest BCUT2D eigenvalue weighted by Gasteiger charge is -2.19. The standard InChI is InChI=1S/C39H53N9O9S/c1-25-19-26(2)36(27(3)20-25)58(55,56)47-31(38(53)54)23-45-37(52)30-24-48(32-21-28(7-8-29(32)35(30)51)22-46-39-43-14-15-44-39)16-5-12-41-33(49)9-10-34(50)42-13-6-18-57-17-4-11-40/h7-8,14-15,19-21,24,31,47H,4-6,9-13,16-18,22-23,40H2,1-3H3,(H,41,49)(H,42,50)(H,45,52)(H,53,54)(H2,43,44,46). The molecule has 0 saturated heterocycles. The van der Waals surface area contributed by atoms with Gasteiger partial charge in [0, 0.05) is 82.8 Å². The molecule has 0 radical (unpaired) electrons. The van der Waals surface area contributed by atoms with Crippen LogP contribution in [0.1, 0.15) is 64.7 Å². The van der Waals surface area contributed by atoms with Crippen LogP contribution in [0.2, 0.25) is 0 Å². The highest BCUT2D eigenvalue weighted by molar-refractivity contribution is 7.89. The highest BCUT2D eigenvalue weighted by Crippen LogP contribution is 2.22. The fourth-order valence-electron chi connectivity index (χ4n) is 6.32. The third-order valence-corrected chi connectivity index (χ3v) is 10.8. The summed E-state index contributed by atoms with van der Waals surface area (Å²) in [6, 6.07) is 6.70. The third kappa shape index (κ3) is 13.2. The third-order valence-electron chi connectivity index (χ3n) is 9.04. The van der Waals surface area contributed by atoms with Crippen LogP contribution >= 0.6 is 0 Å². The molecule has 0 spiro atoms. The molecule has 314 valence electrons. The normalized spacial score (nSPS) is 11.9. The second-order valence-corrected chi connectivity index (χ2v) is 15.5. The summed E-state index contributed by atoms with van der Waals surface area (Å²) in [5, 5.41) is 21.2. The Bertz CT molecular complexity index is 2200. The van der Waals surface area contributed by atoms with Gasteiger partial charge >= 0.3 is 5.97 Å². The van der Waals surface area contributed by atoms with Crippen molar-refractivity contribution in [2.24, 2.45) is 5.73 Å². The Labute approximate surface area is 336 Å². The number of amides is 3. The van der Waals surface area contributed by atoms with E-state index in [0.717, 1.165) is 17.5 Å². The molecule has 0 aliphatic carbocycles. The first kappa shape index (κ1) is 45.1. The van der Waals surface area contributed by atoms with E-state index < -0.39 is 39.9 Å². The number of aromatic amines is 1. The second kappa shape index (κ2) is 21.8. The highest BCUT2D eigenvalue weighted by Gasteiger charge is 2.29. The number of carboxylic acid groups (broad SMARTS) is 1. The Hall–Kier alpha value is -5.63. The molecule has 58 heavy (non-hydrogen) atoms. The SMILES string of the molecule is Cc1cc(C)c(S(=O)(=O)NC(CNC(=O)c2cn(CCCNC(=O)CCC(=O)NCCCOCCCN)c3cc(CNc4ncc[nH]4)ccc3c2=O)C(=O)O)c(C)c1. The number of imidazole rings is 1. The molecule has 2 aromatic heterocycles. The summed E-state index contributed by atoms with van der Waals surface area (Å²) in [5.41, 5.74) is 7.55. The smallest absolute Gasteiger partial charge is 0.323 e. The lowest BCUT2D eigenvalue weighted by atomic mass is 10.1. The molecule has 0 fully saturated rings. The molecular formula is C39H53N9O9S. The van der Waals surface area contributed by atoms with Crippen LogP contribution in [0.15, 0.2) is 58.6 Å². The highest BCUT2D eigenvalue weighted by atomic mass is 32.2. The fraction of sp³-hybridized carbons (Fsp3) is 0.436. The maximum absolute atomic E-state index is 13.7. The quantitative estimate of drug-likeness (QED) is 0.0469. The van der Waals surface area contributed by atoms with Crippen LogP contribution in [0.5, 0.6) is 0 Å². The van der Waals surface area contributed by atoms with Crippen LogP contribution in [0, 0.1) is 20.8 Å². The number of benzene rings is 2. The van der Waals surface area contributed by atoms with Gasteiger partial charge in [0.05, 0.1) is 10.4 Å². The number of hydrogen-bond acceptors (Lipinski definition) is 11. The van der Waals surface area contributed by atoms with Crippen molar-refractivity contribution in [1.29, 1.82) is 0 Å². The number of nitrogens with two attached hydrogens (primary N) is 1. The minimum Gasteiger partial charge on any atom is -0.480 e. The van der Waals surface area contributed by atoms with E-state index in [1.165, 1.54) is 6.20 Å². The summed E-state index contributed by atoms with van der Waals surface area (Å²) in [6.45, 7) is 7.29. The Morgan fingerprint density at radius 3 is 2.26 bits per heavy atom. The molecule has 0 saturated carbocycles. The number of carboxylic acids is 1. The number of hydrogen-bond donors (Lipinski definition) is 8. The molecule has 0 bridgehead atoms. The van der Waals surface area contributed by atoms with E-state index >= 15 is 0 Å². The average Bonchev–Trinajstić information content (AvgIpc) is 3.70. The van der Waals surface area contributed by atoms with Crippen LogP contribution in [-0.4, -0.2) is 97.2 Å². The summed E-state index contributed by atoms with van der Waals surface area (Å²) >= 11 is 0. The van der Waals surface area contributed by atoms with Gasteiger partial charge in [-0.3, -0.25) is 24.0 Å². The Morgan fingerprint density at radius 2 is 1.62 bits per heavy atom. The van der Waals surface area contributed by atoms with Gasteiger partial charge < -0.3 is 46.4 Å². The lowest BCUT2D eigenvalue weighted by Crippen LogP contribution is -2.49. The monoisotopic (exact) mass is 823 g/mol. The number of aliphatic carboxylic acids is 1. The first-order chi connectivity index (χ1) is 27.7. The molecule has 18 nitrogen and oxygen atoms in total. The van der Waals surface area contributed by atoms with Gasteiger partial charge in [-0.1, -0.05) is 23.8 Å². The number of anilines is 1. The molecule has 0 aliphatic heterocycles. The van der Waals surface area contributed by atoms with Crippen LogP contribution in [0.3, 0.4) is 0 Å². The molecule has 4 rings (SSSR count). The molecule has 4 aromatic rings. The number of ether oxygens (including phenoxy) is 1. The van der Waals surface area contributed by atoms with Gasteiger partial charge in [0.15, 0.2) is 5.95 Å². The zero-order valence-electron chi connectivity index (χ0n) is 33.0. The zero-order chi connectivity index (χ0) is 42.2. The van der Waals surface area contributed by atoms with Gasteiger partial charge in [-0.2, -0.15) is 4.72 Å². The number of pyridine rings is 1. The number of nitrogens with zero attached hydrogens (tertiary/aromatic N) is 2. The number of carbonyl (C=O) groups excluding carboxylic acids is 3. The largest absolute Gasteiger partial charge is 0.480 e. The Balaban J connectivity index is 1.43.